The molecule has 148 valence electrons. The van der Waals surface area contributed by atoms with E-state index in [-0.39, 0.29) is 22.9 Å². The monoisotopic (exact) mass is 384 g/mol. The molecule has 0 N–H and O–H groups in total. The van der Waals surface area contributed by atoms with Crippen LogP contribution in [-0.4, -0.2) is 12.9 Å². The molecule has 3 rings (SSSR count). The van der Waals surface area contributed by atoms with Crippen LogP contribution >= 0.6 is 0 Å². The van der Waals surface area contributed by atoms with Crippen LogP contribution in [0, 0.1) is 12.7 Å². The first-order valence-corrected chi connectivity index (χ1v) is 9.62. The predicted octanol–water partition coefficient (Wildman–Crippen LogP) is 5.32. The lowest BCUT2D eigenvalue weighted by Crippen LogP contribution is -2.39. The van der Waals surface area contributed by atoms with Crippen LogP contribution in [0.4, 0.5) is 4.39 Å². The number of hydrogen-bond acceptors (Lipinski definition) is 4. The second kappa shape index (κ2) is 7.38. The van der Waals surface area contributed by atoms with Gasteiger partial charge in [-0.3, -0.25) is 9.59 Å². The van der Waals surface area contributed by atoms with E-state index < -0.39 is 10.8 Å². The summed E-state index contributed by atoms with van der Waals surface area (Å²) in [6, 6.07) is 5.96. The number of hydrogen-bond donors (Lipinski definition) is 0. The summed E-state index contributed by atoms with van der Waals surface area (Å²) in [5, 5.41) is 0. The second-order valence-electron chi connectivity index (χ2n) is 7.13. The molecule has 2 aromatic rings. The zero-order valence-electron chi connectivity index (χ0n) is 16.9. The van der Waals surface area contributed by atoms with Crippen LogP contribution < -0.4 is 5.43 Å². The van der Waals surface area contributed by atoms with E-state index in [0.717, 1.165) is 0 Å². The van der Waals surface area contributed by atoms with Crippen molar-refractivity contribution in [1.29, 1.82) is 0 Å². The summed E-state index contributed by atoms with van der Waals surface area (Å²) in [4.78, 5) is 26.0. The number of rotatable bonds is 5. The Morgan fingerprint density at radius 3 is 2.32 bits per heavy atom. The highest BCUT2D eigenvalue weighted by molar-refractivity contribution is 6.11. The third kappa shape index (κ3) is 2.81. The van der Waals surface area contributed by atoms with Crippen molar-refractivity contribution >= 4 is 5.78 Å². The van der Waals surface area contributed by atoms with Crippen LogP contribution in [0.3, 0.4) is 0 Å². The Hall–Kier alpha value is -2.69. The minimum atomic E-state index is -0.707. The Balaban J connectivity index is 2.36. The SMILES string of the molecule is CCC1=C(OC)C(CC)(CC)c2oc(-c3ccc(C)c(F)c3)cc(=O)c2C1=O. The minimum absolute atomic E-state index is 0.0673. The topological polar surface area (TPSA) is 56.5 Å². The Morgan fingerprint density at radius 2 is 1.79 bits per heavy atom. The maximum atomic E-state index is 14.1. The summed E-state index contributed by atoms with van der Waals surface area (Å²) in [5.74, 6) is 0.407. The van der Waals surface area contributed by atoms with Crippen molar-refractivity contribution in [2.75, 3.05) is 7.11 Å². The molecule has 0 atom stereocenters. The molecule has 0 bridgehead atoms. The van der Waals surface area contributed by atoms with Crippen molar-refractivity contribution in [1.82, 2.24) is 0 Å². The maximum Gasteiger partial charge on any atom is 0.199 e. The number of carbonyl (C=O) groups excluding carboxylic acids is 1. The largest absolute Gasteiger partial charge is 0.500 e. The number of carbonyl (C=O) groups is 1. The molecule has 0 aliphatic heterocycles. The summed E-state index contributed by atoms with van der Waals surface area (Å²) >= 11 is 0. The average Bonchev–Trinajstić information content (AvgIpc) is 2.69. The van der Waals surface area contributed by atoms with Crippen LogP contribution in [0.15, 0.2) is 44.8 Å². The number of fused-ring (bicyclic) bond motifs is 1. The van der Waals surface area contributed by atoms with Crippen molar-refractivity contribution in [3.63, 3.8) is 0 Å². The normalized spacial score (nSPS) is 15.6. The molecule has 0 fully saturated rings. The summed E-state index contributed by atoms with van der Waals surface area (Å²) in [7, 11) is 1.54. The summed E-state index contributed by atoms with van der Waals surface area (Å²) < 4.78 is 25.9. The third-order valence-electron chi connectivity index (χ3n) is 5.81. The standard InChI is InChI=1S/C23H25FO4/c1-6-15-20(26)19-17(25)12-18(14-10-9-13(4)16(24)11-14)28-22(19)23(7-2,8-3)21(15)27-5/h9-12H,6-8H2,1-5H3. The van der Waals surface area contributed by atoms with Crippen LogP contribution in [0.25, 0.3) is 11.3 Å². The van der Waals surface area contributed by atoms with Gasteiger partial charge >= 0.3 is 0 Å². The smallest absolute Gasteiger partial charge is 0.199 e. The lowest BCUT2D eigenvalue weighted by Gasteiger charge is -2.37. The van der Waals surface area contributed by atoms with E-state index in [1.54, 1.807) is 26.2 Å². The summed E-state index contributed by atoms with van der Waals surface area (Å²) in [6.45, 7) is 7.50. The van der Waals surface area contributed by atoms with Gasteiger partial charge in [0, 0.05) is 17.2 Å². The number of allylic oxidation sites excluding steroid dienone is 2. The number of aryl methyl sites for hydroxylation is 1. The van der Waals surface area contributed by atoms with Crippen LogP contribution in [-0.2, 0) is 10.2 Å². The molecule has 0 amide bonds. The number of benzene rings is 1. The first kappa shape index (κ1) is 20.1. The van der Waals surface area contributed by atoms with Gasteiger partial charge < -0.3 is 9.15 Å². The quantitative estimate of drug-likeness (QED) is 0.700. The molecule has 0 spiro atoms. The molecule has 0 saturated heterocycles. The summed E-state index contributed by atoms with van der Waals surface area (Å²) in [6.07, 6.45) is 1.67. The lowest BCUT2D eigenvalue weighted by molar-refractivity contribution is 0.0975. The number of ether oxygens (including phenoxy) is 1. The van der Waals surface area contributed by atoms with E-state index in [1.807, 2.05) is 20.8 Å². The zero-order valence-corrected chi connectivity index (χ0v) is 16.9. The first-order chi connectivity index (χ1) is 13.3. The Morgan fingerprint density at radius 1 is 1.11 bits per heavy atom. The molecule has 5 heteroatoms. The van der Waals surface area contributed by atoms with Gasteiger partial charge in [-0.1, -0.05) is 32.9 Å². The van der Waals surface area contributed by atoms with Gasteiger partial charge in [0.15, 0.2) is 11.2 Å². The molecule has 1 aromatic carbocycles. The third-order valence-corrected chi connectivity index (χ3v) is 5.81. The van der Waals surface area contributed by atoms with E-state index in [4.69, 9.17) is 9.15 Å². The fourth-order valence-corrected chi connectivity index (χ4v) is 4.11. The predicted molar refractivity (Wildman–Crippen MR) is 106 cm³/mol. The van der Waals surface area contributed by atoms with E-state index in [9.17, 15) is 14.0 Å². The lowest BCUT2D eigenvalue weighted by atomic mass is 9.69. The van der Waals surface area contributed by atoms with Gasteiger partial charge in [-0.05, 0) is 37.8 Å². The Labute approximate surface area is 164 Å². The van der Waals surface area contributed by atoms with E-state index in [2.05, 4.69) is 0 Å². The molecule has 0 unspecified atom stereocenters. The molecule has 28 heavy (non-hydrogen) atoms. The van der Waals surface area contributed by atoms with Gasteiger partial charge in [0.1, 0.15) is 28.7 Å². The highest BCUT2D eigenvalue weighted by Gasteiger charge is 2.47. The Kier molecular flexibility index (Phi) is 5.28. The molecule has 0 saturated carbocycles. The molecule has 1 aliphatic carbocycles. The zero-order chi connectivity index (χ0) is 20.6. The average molecular weight is 384 g/mol. The highest BCUT2D eigenvalue weighted by atomic mass is 19.1. The van der Waals surface area contributed by atoms with Gasteiger partial charge in [-0.2, -0.15) is 0 Å². The maximum absolute atomic E-state index is 14.1. The van der Waals surface area contributed by atoms with Crippen molar-refractivity contribution in [2.24, 2.45) is 0 Å². The van der Waals surface area contributed by atoms with E-state index in [0.29, 0.717) is 47.5 Å². The van der Waals surface area contributed by atoms with Gasteiger partial charge in [-0.15, -0.1) is 0 Å². The molecule has 1 aromatic heterocycles. The van der Waals surface area contributed by atoms with Crippen molar-refractivity contribution < 1.29 is 18.3 Å². The number of ketones is 1. The second-order valence-corrected chi connectivity index (χ2v) is 7.13. The fourth-order valence-electron chi connectivity index (χ4n) is 4.11. The van der Waals surface area contributed by atoms with Crippen LogP contribution in [0.1, 0.15) is 61.7 Å². The van der Waals surface area contributed by atoms with Crippen LogP contribution in [0.2, 0.25) is 0 Å². The number of methoxy groups -OCH3 is 1. The summed E-state index contributed by atoms with van der Waals surface area (Å²) in [5.41, 5.74) is 0.433. The van der Waals surface area contributed by atoms with Gasteiger partial charge in [0.2, 0.25) is 0 Å². The van der Waals surface area contributed by atoms with Gasteiger partial charge in [-0.25, -0.2) is 4.39 Å². The molecule has 1 aliphatic rings. The minimum Gasteiger partial charge on any atom is -0.500 e. The molecule has 4 nitrogen and oxygen atoms in total. The van der Waals surface area contributed by atoms with E-state index >= 15 is 0 Å². The van der Waals surface area contributed by atoms with E-state index in [1.165, 1.54) is 12.1 Å². The van der Waals surface area contributed by atoms with Crippen molar-refractivity contribution in [3.8, 4) is 11.3 Å². The molecule has 0 radical (unpaired) electrons. The van der Waals surface area contributed by atoms with Gasteiger partial charge in [0.05, 0.1) is 12.5 Å². The first-order valence-electron chi connectivity index (χ1n) is 9.62. The van der Waals surface area contributed by atoms with Crippen molar-refractivity contribution in [3.05, 3.63) is 68.5 Å². The molecular weight excluding hydrogens is 359 g/mol. The molecular formula is C23H25FO4. The number of Topliss-reactive ketones (excluding diaryl/α,β-unsaturated/α-hetero) is 1. The highest BCUT2D eigenvalue weighted by Crippen LogP contribution is 2.47. The Bertz CT molecular complexity index is 1030. The van der Waals surface area contributed by atoms with Gasteiger partial charge in [0.25, 0.3) is 0 Å². The molecule has 1 heterocycles. The number of halogens is 1. The van der Waals surface area contributed by atoms with Crippen LogP contribution in [0.5, 0.6) is 0 Å². The fraction of sp³-hybridized carbons (Fsp3) is 0.391. The van der Waals surface area contributed by atoms with Crippen molar-refractivity contribution in [2.45, 2.75) is 52.4 Å².